The summed E-state index contributed by atoms with van der Waals surface area (Å²) in [5.41, 5.74) is 1.84. The summed E-state index contributed by atoms with van der Waals surface area (Å²) in [5.74, 6) is -0.338. The smallest absolute Gasteiger partial charge is 0.251 e. The summed E-state index contributed by atoms with van der Waals surface area (Å²) < 4.78 is 0. The molecule has 2 amide bonds. The van der Waals surface area contributed by atoms with Crippen LogP contribution in [0.4, 0.5) is 0 Å². The second kappa shape index (κ2) is 8.86. The van der Waals surface area contributed by atoms with E-state index in [-0.39, 0.29) is 17.9 Å². The van der Waals surface area contributed by atoms with Crippen molar-refractivity contribution in [2.24, 2.45) is 0 Å². The Hall–Kier alpha value is -2.33. The Morgan fingerprint density at radius 1 is 0.923 bits per heavy atom. The molecule has 136 valence electrons. The third-order valence-corrected chi connectivity index (χ3v) is 5.09. The van der Waals surface area contributed by atoms with Gasteiger partial charge in [0.15, 0.2) is 0 Å². The van der Waals surface area contributed by atoms with E-state index in [1.54, 1.807) is 30.3 Å². The Morgan fingerprint density at radius 2 is 1.62 bits per heavy atom. The molecule has 0 bridgehead atoms. The zero-order chi connectivity index (χ0) is 18.4. The average Bonchev–Trinajstić information content (AvgIpc) is 2.68. The molecule has 2 N–H and O–H groups in total. The van der Waals surface area contributed by atoms with Crippen LogP contribution in [0.25, 0.3) is 0 Å². The zero-order valence-corrected chi connectivity index (χ0v) is 15.4. The molecule has 0 aliphatic heterocycles. The lowest BCUT2D eigenvalue weighted by Gasteiger charge is -2.22. The van der Waals surface area contributed by atoms with Gasteiger partial charge in [-0.2, -0.15) is 0 Å². The monoisotopic (exact) mass is 370 g/mol. The topological polar surface area (TPSA) is 58.2 Å². The van der Waals surface area contributed by atoms with Gasteiger partial charge < -0.3 is 10.6 Å². The SMILES string of the molecule is O=C(NCc1ccccc1Cl)c1cccc(C(=O)NC2CCCCC2)c1. The third-order valence-electron chi connectivity index (χ3n) is 4.72. The maximum Gasteiger partial charge on any atom is 0.251 e. The molecule has 2 aromatic rings. The molecular weight excluding hydrogens is 348 g/mol. The van der Waals surface area contributed by atoms with Crippen LogP contribution in [0.5, 0.6) is 0 Å². The predicted octanol–water partition coefficient (Wildman–Crippen LogP) is 4.33. The molecule has 1 aliphatic carbocycles. The van der Waals surface area contributed by atoms with E-state index in [2.05, 4.69) is 10.6 Å². The largest absolute Gasteiger partial charge is 0.349 e. The molecule has 1 saturated carbocycles. The van der Waals surface area contributed by atoms with Gasteiger partial charge >= 0.3 is 0 Å². The van der Waals surface area contributed by atoms with E-state index in [1.165, 1.54) is 6.42 Å². The molecular formula is C21H23ClN2O2. The van der Waals surface area contributed by atoms with Gasteiger partial charge in [-0.3, -0.25) is 9.59 Å². The van der Waals surface area contributed by atoms with Gasteiger partial charge in [-0.25, -0.2) is 0 Å². The Balaban J connectivity index is 1.61. The van der Waals surface area contributed by atoms with Crippen molar-refractivity contribution >= 4 is 23.4 Å². The van der Waals surface area contributed by atoms with Crippen molar-refractivity contribution in [2.45, 2.75) is 44.7 Å². The van der Waals surface area contributed by atoms with Crippen molar-refractivity contribution in [3.05, 3.63) is 70.2 Å². The van der Waals surface area contributed by atoms with Crippen molar-refractivity contribution in [2.75, 3.05) is 0 Å². The molecule has 3 rings (SSSR count). The molecule has 0 saturated heterocycles. The van der Waals surface area contributed by atoms with Crippen LogP contribution in [0.1, 0.15) is 58.4 Å². The molecule has 0 atom stereocenters. The molecule has 4 nitrogen and oxygen atoms in total. The molecule has 0 spiro atoms. The molecule has 5 heteroatoms. The van der Waals surface area contributed by atoms with Crippen LogP contribution in [-0.2, 0) is 6.54 Å². The first-order chi connectivity index (χ1) is 12.6. The molecule has 0 radical (unpaired) electrons. The summed E-state index contributed by atoms with van der Waals surface area (Å²) in [6.45, 7) is 0.344. The zero-order valence-electron chi connectivity index (χ0n) is 14.6. The minimum Gasteiger partial charge on any atom is -0.349 e. The summed E-state index contributed by atoms with van der Waals surface area (Å²) in [4.78, 5) is 24.9. The van der Waals surface area contributed by atoms with Gasteiger partial charge in [-0.1, -0.05) is 55.1 Å². The number of hydrogen-bond acceptors (Lipinski definition) is 2. The van der Waals surface area contributed by atoms with Gasteiger partial charge in [-0.05, 0) is 42.7 Å². The fourth-order valence-electron chi connectivity index (χ4n) is 3.24. The van der Waals surface area contributed by atoms with Gasteiger partial charge in [0.1, 0.15) is 0 Å². The van der Waals surface area contributed by atoms with E-state index in [1.807, 2.05) is 18.2 Å². The molecule has 0 heterocycles. The first kappa shape index (κ1) is 18.5. The Labute approximate surface area is 158 Å². The van der Waals surface area contributed by atoms with E-state index in [0.717, 1.165) is 31.2 Å². The summed E-state index contributed by atoms with van der Waals surface area (Å²) >= 11 is 6.11. The summed E-state index contributed by atoms with van der Waals surface area (Å²) in [6.07, 6.45) is 5.63. The number of nitrogens with one attached hydrogen (secondary N) is 2. The number of rotatable bonds is 5. The Kier molecular flexibility index (Phi) is 6.29. The van der Waals surface area contributed by atoms with Gasteiger partial charge in [0.2, 0.25) is 0 Å². The van der Waals surface area contributed by atoms with E-state index >= 15 is 0 Å². The van der Waals surface area contributed by atoms with Crippen molar-refractivity contribution in [3.63, 3.8) is 0 Å². The summed E-state index contributed by atoms with van der Waals surface area (Å²) in [7, 11) is 0. The highest BCUT2D eigenvalue weighted by atomic mass is 35.5. The molecule has 0 unspecified atom stereocenters. The highest BCUT2D eigenvalue weighted by molar-refractivity contribution is 6.31. The van der Waals surface area contributed by atoms with Gasteiger partial charge in [0.25, 0.3) is 11.8 Å². The van der Waals surface area contributed by atoms with Crippen LogP contribution < -0.4 is 10.6 Å². The standard InChI is InChI=1S/C21H23ClN2O2/c22-19-12-5-4-7-17(19)14-23-20(25)15-8-6-9-16(13-15)21(26)24-18-10-2-1-3-11-18/h4-9,12-13,18H,1-3,10-11,14H2,(H,23,25)(H,24,26). The van der Waals surface area contributed by atoms with Crippen molar-refractivity contribution < 1.29 is 9.59 Å². The van der Waals surface area contributed by atoms with Gasteiger partial charge in [-0.15, -0.1) is 0 Å². The maximum atomic E-state index is 12.5. The van der Waals surface area contributed by atoms with Crippen LogP contribution in [0.2, 0.25) is 5.02 Å². The lowest BCUT2D eigenvalue weighted by molar-refractivity contribution is 0.0927. The van der Waals surface area contributed by atoms with Crippen molar-refractivity contribution in [1.29, 1.82) is 0 Å². The Bertz CT molecular complexity index is 785. The van der Waals surface area contributed by atoms with Gasteiger partial charge in [0, 0.05) is 28.7 Å². The fourth-order valence-corrected chi connectivity index (χ4v) is 3.44. The normalized spacial score (nSPS) is 14.7. The van der Waals surface area contributed by atoms with Crippen molar-refractivity contribution in [3.8, 4) is 0 Å². The maximum absolute atomic E-state index is 12.5. The van der Waals surface area contributed by atoms with Crippen LogP contribution in [0.15, 0.2) is 48.5 Å². The number of hydrogen-bond donors (Lipinski definition) is 2. The van der Waals surface area contributed by atoms with Crippen LogP contribution in [-0.4, -0.2) is 17.9 Å². The highest BCUT2D eigenvalue weighted by Crippen LogP contribution is 2.18. The highest BCUT2D eigenvalue weighted by Gasteiger charge is 2.17. The number of halogens is 1. The van der Waals surface area contributed by atoms with E-state index in [4.69, 9.17) is 11.6 Å². The quantitative estimate of drug-likeness (QED) is 0.822. The average molecular weight is 371 g/mol. The second-order valence-electron chi connectivity index (χ2n) is 6.66. The number of amides is 2. The first-order valence-corrected chi connectivity index (χ1v) is 9.44. The number of benzene rings is 2. The first-order valence-electron chi connectivity index (χ1n) is 9.06. The summed E-state index contributed by atoms with van der Waals surface area (Å²) in [6, 6.07) is 14.5. The molecule has 1 aliphatic rings. The molecule has 26 heavy (non-hydrogen) atoms. The second-order valence-corrected chi connectivity index (χ2v) is 7.07. The fraction of sp³-hybridized carbons (Fsp3) is 0.333. The van der Waals surface area contributed by atoms with Crippen LogP contribution in [0, 0.1) is 0 Å². The van der Waals surface area contributed by atoms with Gasteiger partial charge in [0.05, 0.1) is 0 Å². The van der Waals surface area contributed by atoms with Crippen molar-refractivity contribution in [1.82, 2.24) is 10.6 Å². The lowest BCUT2D eigenvalue weighted by Crippen LogP contribution is -2.36. The summed E-state index contributed by atoms with van der Waals surface area (Å²) in [5, 5.41) is 6.55. The lowest BCUT2D eigenvalue weighted by atomic mass is 9.95. The van der Waals surface area contributed by atoms with E-state index in [0.29, 0.717) is 22.7 Å². The third kappa shape index (κ3) is 4.85. The molecule has 1 fully saturated rings. The minimum absolute atomic E-state index is 0.113. The van der Waals surface area contributed by atoms with Crippen LogP contribution >= 0.6 is 11.6 Å². The number of carbonyl (C=O) groups is 2. The molecule has 0 aromatic heterocycles. The van der Waals surface area contributed by atoms with Crippen LogP contribution in [0.3, 0.4) is 0 Å². The number of carbonyl (C=O) groups excluding carboxylic acids is 2. The Morgan fingerprint density at radius 3 is 2.35 bits per heavy atom. The van der Waals surface area contributed by atoms with E-state index in [9.17, 15) is 9.59 Å². The molecule has 2 aromatic carbocycles. The minimum atomic E-state index is -0.225. The predicted molar refractivity (Wildman–Crippen MR) is 103 cm³/mol. The van der Waals surface area contributed by atoms with E-state index < -0.39 is 0 Å².